The zero-order chi connectivity index (χ0) is 14.8. The molecule has 2 aromatic heterocycles. The molecular weight excluding hydrogens is 276 g/mol. The Labute approximate surface area is 131 Å². The molecule has 2 aliphatic rings. The molecule has 0 radical (unpaired) electrons. The summed E-state index contributed by atoms with van der Waals surface area (Å²) in [5.41, 5.74) is 0. The maximum atomic E-state index is 5.35. The van der Waals surface area contributed by atoms with Crippen molar-refractivity contribution in [1.29, 1.82) is 0 Å². The molecule has 2 atom stereocenters. The minimum atomic E-state index is 0.669. The van der Waals surface area contributed by atoms with E-state index in [1.54, 1.807) is 6.26 Å². The summed E-state index contributed by atoms with van der Waals surface area (Å²) in [4.78, 5) is 7.30. The zero-order valence-corrected chi connectivity index (χ0v) is 13.0. The Morgan fingerprint density at radius 1 is 1.23 bits per heavy atom. The summed E-state index contributed by atoms with van der Waals surface area (Å²) in [5, 5.41) is 7.33. The average molecular weight is 300 g/mol. The molecule has 2 saturated heterocycles. The topological polar surface area (TPSA) is 58.0 Å². The highest BCUT2D eigenvalue weighted by molar-refractivity contribution is 5.45. The first-order valence-corrected chi connectivity index (χ1v) is 8.59. The number of aromatic nitrogens is 3. The molecule has 118 valence electrons. The van der Waals surface area contributed by atoms with Gasteiger partial charge in [-0.1, -0.05) is 6.42 Å². The third-order valence-corrected chi connectivity index (χ3v) is 5.25. The Morgan fingerprint density at radius 2 is 2.18 bits per heavy atom. The van der Waals surface area contributed by atoms with Gasteiger partial charge in [-0.05, 0) is 63.2 Å². The van der Waals surface area contributed by atoms with Gasteiger partial charge in [0.05, 0.1) is 6.26 Å². The second-order valence-corrected chi connectivity index (χ2v) is 6.62. The summed E-state index contributed by atoms with van der Waals surface area (Å²) >= 11 is 0. The third kappa shape index (κ3) is 2.82. The van der Waals surface area contributed by atoms with E-state index in [0.29, 0.717) is 5.82 Å². The summed E-state index contributed by atoms with van der Waals surface area (Å²) in [7, 11) is 0. The van der Waals surface area contributed by atoms with Crippen LogP contribution in [0.15, 0.2) is 22.8 Å². The van der Waals surface area contributed by atoms with E-state index >= 15 is 0 Å². The van der Waals surface area contributed by atoms with Crippen LogP contribution in [0, 0.1) is 5.92 Å². The SMILES string of the molecule is c1coc(-c2n[nH]c(CC[C@@H]3CCCN4CCCC[C@H]34)n2)c1. The molecule has 4 rings (SSSR count). The molecule has 0 amide bonds. The van der Waals surface area contributed by atoms with Gasteiger partial charge in [0.1, 0.15) is 5.82 Å². The fourth-order valence-electron chi connectivity index (χ4n) is 4.16. The number of nitrogens with one attached hydrogen (secondary N) is 1. The molecule has 2 aromatic rings. The van der Waals surface area contributed by atoms with Crippen LogP contribution in [0.3, 0.4) is 0 Å². The van der Waals surface area contributed by atoms with Crippen LogP contribution in [0.25, 0.3) is 11.6 Å². The van der Waals surface area contributed by atoms with Crippen molar-refractivity contribution in [2.75, 3.05) is 13.1 Å². The third-order valence-electron chi connectivity index (χ3n) is 5.25. The molecule has 22 heavy (non-hydrogen) atoms. The van der Waals surface area contributed by atoms with Crippen molar-refractivity contribution in [3.05, 3.63) is 24.2 Å². The van der Waals surface area contributed by atoms with Crippen LogP contribution in [0.4, 0.5) is 0 Å². The molecule has 0 aliphatic carbocycles. The number of furan rings is 1. The van der Waals surface area contributed by atoms with E-state index in [1.807, 2.05) is 12.1 Å². The molecular formula is C17H24N4O. The number of piperidine rings is 2. The van der Waals surface area contributed by atoms with Gasteiger partial charge in [0.25, 0.3) is 0 Å². The Hall–Kier alpha value is -1.62. The predicted molar refractivity (Wildman–Crippen MR) is 84.3 cm³/mol. The normalized spacial score (nSPS) is 26.0. The molecule has 2 aliphatic heterocycles. The number of rotatable bonds is 4. The average Bonchev–Trinajstić information content (AvgIpc) is 3.24. The van der Waals surface area contributed by atoms with Crippen molar-refractivity contribution in [2.45, 2.75) is 51.0 Å². The number of nitrogens with zero attached hydrogens (tertiary/aromatic N) is 3. The Morgan fingerprint density at radius 3 is 3.09 bits per heavy atom. The number of hydrogen-bond acceptors (Lipinski definition) is 4. The minimum absolute atomic E-state index is 0.669. The van der Waals surface area contributed by atoms with Crippen molar-refractivity contribution in [3.63, 3.8) is 0 Å². The quantitative estimate of drug-likeness (QED) is 0.941. The summed E-state index contributed by atoms with van der Waals surface area (Å²) in [6.45, 7) is 2.62. The second-order valence-electron chi connectivity index (χ2n) is 6.62. The van der Waals surface area contributed by atoms with E-state index in [0.717, 1.165) is 30.0 Å². The van der Waals surface area contributed by atoms with Gasteiger partial charge in [0, 0.05) is 12.5 Å². The molecule has 0 unspecified atom stereocenters. The summed E-state index contributed by atoms with van der Waals surface area (Å²) in [6.07, 6.45) is 10.8. The van der Waals surface area contributed by atoms with Crippen LogP contribution in [0.2, 0.25) is 0 Å². The summed E-state index contributed by atoms with van der Waals surface area (Å²) in [5.74, 6) is 3.21. The van der Waals surface area contributed by atoms with Crippen LogP contribution >= 0.6 is 0 Å². The van der Waals surface area contributed by atoms with Gasteiger partial charge in [-0.25, -0.2) is 4.98 Å². The number of aromatic amines is 1. The largest absolute Gasteiger partial charge is 0.461 e. The lowest BCUT2D eigenvalue weighted by atomic mass is 9.81. The van der Waals surface area contributed by atoms with E-state index in [9.17, 15) is 0 Å². The molecule has 2 fully saturated rings. The Bertz CT molecular complexity index is 590. The highest BCUT2D eigenvalue weighted by Gasteiger charge is 2.32. The predicted octanol–water partition coefficient (Wildman–Crippen LogP) is 3.26. The summed E-state index contributed by atoms with van der Waals surface area (Å²) in [6, 6.07) is 4.58. The molecule has 1 N–H and O–H groups in total. The smallest absolute Gasteiger partial charge is 0.216 e. The number of hydrogen-bond donors (Lipinski definition) is 1. The molecule has 5 heteroatoms. The van der Waals surface area contributed by atoms with Crippen LogP contribution < -0.4 is 0 Å². The van der Waals surface area contributed by atoms with Crippen molar-refractivity contribution >= 4 is 0 Å². The van der Waals surface area contributed by atoms with Crippen LogP contribution in [-0.2, 0) is 6.42 Å². The van der Waals surface area contributed by atoms with Gasteiger partial charge < -0.3 is 9.32 Å². The lowest BCUT2D eigenvalue weighted by molar-refractivity contribution is 0.0558. The molecule has 0 spiro atoms. The molecule has 0 saturated carbocycles. The van der Waals surface area contributed by atoms with Crippen molar-refractivity contribution in [1.82, 2.24) is 20.1 Å². The maximum Gasteiger partial charge on any atom is 0.216 e. The lowest BCUT2D eigenvalue weighted by Crippen LogP contribution is -2.48. The monoisotopic (exact) mass is 300 g/mol. The second kappa shape index (κ2) is 6.24. The first kappa shape index (κ1) is 14.0. The highest BCUT2D eigenvalue weighted by atomic mass is 16.3. The van der Waals surface area contributed by atoms with Gasteiger partial charge in [-0.2, -0.15) is 5.10 Å². The van der Waals surface area contributed by atoms with E-state index in [2.05, 4.69) is 20.1 Å². The van der Waals surface area contributed by atoms with E-state index in [1.165, 1.54) is 51.6 Å². The molecule has 5 nitrogen and oxygen atoms in total. The number of fused-ring (bicyclic) bond motifs is 1. The van der Waals surface area contributed by atoms with E-state index in [4.69, 9.17) is 4.42 Å². The fourth-order valence-corrected chi connectivity index (χ4v) is 4.16. The van der Waals surface area contributed by atoms with Gasteiger partial charge in [-0.15, -0.1) is 0 Å². The molecule has 0 aromatic carbocycles. The maximum absolute atomic E-state index is 5.35. The summed E-state index contributed by atoms with van der Waals surface area (Å²) < 4.78 is 5.35. The van der Waals surface area contributed by atoms with E-state index in [-0.39, 0.29) is 0 Å². The van der Waals surface area contributed by atoms with Crippen molar-refractivity contribution in [3.8, 4) is 11.6 Å². The van der Waals surface area contributed by atoms with Gasteiger partial charge in [-0.3, -0.25) is 5.10 Å². The van der Waals surface area contributed by atoms with Gasteiger partial charge >= 0.3 is 0 Å². The first-order chi connectivity index (χ1) is 10.9. The van der Waals surface area contributed by atoms with Gasteiger partial charge in [0.2, 0.25) is 5.82 Å². The minimum Gasteiger partial charge on any atom is -0.461 e. The first-order valence-electron chi connectivity index (χ1n) is 8.59. The lowest BCUT2D eigenvalue weighted by Gasteiger charge is -2.44. The highest BCUT2D eigenvalue weighted by Crippen LogP contribution is 2.33. The van der Waals surface area contributed by atoms with Crippen LogP contribution in [0.5, 0.6) is 0 Å². The molecule has 4 heterocycles. The number of aryl methyl sites for hydroxylation is 1. The Balaban J connectivity index is 1.38. The fraction of sp³-hybridized carbons (Fsp3) is 0.647. The molecule has 0 bridgehead atoms. The van der Waals surface area contributed by atoms with Crippen molar-refractivity contribution in [2.24, 2.45) is 5.92 Å². The van der Waals surface area contributed by atoms with Gasteiger partial charge in [0.15, 0.2) is 5.76 Å². The van der Waals surface area contributed by atoms with Crippen LogP contribution in [-0.4, -0.2) is 39.2 Å². The standard InChI is InChI=1S/C17H24N4O/c1-2-10-21-11-3-5-13(14(21)6-1)8-9-16-18-17(20-19-16)15-7-4-12-22-15/h4,7,12-14H,1-3,5-6,8-11H2,(H,18,19,20)/t13-,14+/m0/s1. The van der Waals surface area contributed by atoms with E-state index < -0.39 is 0 Å². The van der Waals surface area contributed by atoms with Crippen molar-refractivity contribution < 1.29 is 4.42 Å². The van der Waals surface area contributed by atoms with Crippen LogP contribution in [0.1, 0.15) is 44.3 Å². The number of H-pyrrole nitrogens is 1. The Kier molecular flexibility index (Phi) is 3.97. The zero-order valence-electron chi connectivity index (χ0n) is 13.0.